The van der Waals surface area contributed by atoms with Crippen LogP contribution in [0, 0.1) is 6.92 Å². The van der Waals surface area contributed by atoms with Gasteiger partial charge in [-0.2, -0.15) is 0 Å². The van der Waals surface area contributed by atoms with Crippen molar-refractivity contribution in [3.8, 4) is 5.75 Å². The van der Waals surface area contributed by atoms with Gasteiger partial charge in [0.15, 0.2) is 0 Å². The monoisotopic (exact) mass is 384 g/mol. The van der Waals surface area contributed by atoms with Crippen molar-refractivity contribution in [3.05, 3.63) is 41.6 Å². The van der Waals surface area contributed by atoms with Gasteiger partial charge >= 0.3 is 0 Å². The second kappa shape index (κ2) is 8.73. The molecule has 1 aromatic carbocycles. The summed E-state index contributed by atoms with van der Waals surface area (Å²) < 4.78 is 11.7. The number of likely N-dealkylation sites (tertiary alicyclic amines) is 2. The first-order chi connectivity index (χ1) is 13.7. The highest BCUT2D eigenvalue weighted by Gasteiger charge is 2.25. The highest BCUT2D eigenvalue weighted by Crippen LogP contribution is 2.26. The van der Waals surface area contributed by atoms with E-state index in [2.05, 4.69) is 15.1 Å². The molecule has 2 aliphatic heterocycles. The number of aryl methyl sites for hydroxylation is 1. The lowest BCUT2D eigenvalue weighted by atomic mass is 10.1. The van der Waals surface area contributed by atoms with E-state index in [1.54, 1.807) is 6.92 Å². The lowest BCUT2D eigenvalue weighted by Gasteiger charge is -2.32. The molecule has 3 heterocycles. The molecule has 0 saturated carbocycles. The van der Waals surface area contributed by atoms with Crippen molar-refractivity contribution in [2.45, 2.75) is 51.7 Å². The van der Waals surface area contributed by atoms with Crippen LogP contribution in [0.2, 0.25) is 0 Å². The van der Waals surface area contributed by atoms with Crippen molar-refractivity contribution in [2.75, 3.05) is 26.2 Å². The number of rotatable bonds is 5. The van der Waals surface area contributed by atoms with Crippen molar-refractivity contribution in [2.24, 2.45) is 0 Å². The first-order valence-electron chi connectivity index (χ1n) is 10.3. The molecule has 0 unspecified atom stereocenters. The number of hydrogen-bond donors (Lipinski definition) is 0. The molecular weight excluding hydrogens is 356 g/mol. The quantitative estimate of drug-likeness (QED) is 0.789. The lowest BCUT2D eigenvalue weighted by molar-refractivity contribution is 0.0698. The third-order valence-corrected chi connectivity index (χ3v) is 5.52. The summed E-state index contributed by atoms with van der Waals surface area (Å²) >= 11 is 0. The molecule has 28 heavy (non-hydrogen) atoms. The topological polar surface area (TPSA) is 71.7 Å². The molecule has 2 saturated heterocycles. The Morgan fingerprint density at radius 1 is 1.11 bits per heavy atom. The van der Waals surface area contributed by atoms with Gasteiger partial charge in [0.25, 0.3) is 5.91 Å². The van der Waals surface area contributed by atoms with E-state index in [9.17, 15) is 4.79 Å². The fourth-order valence-electron chi connectivity index (χ4n) is 3.97. The van der Waals surface area contributed by atoms with Crippen LogP contribution < -0.4 is 4.74 Å². The fourth-order valence-corrected chi connectivity index (χ4v) is 3.97. The minimum Gasteiger partial charge on any atom is -0.489 e. The molecule has 2 aliphatic rings. The minimum atomic E-state index is 0.0968. The predicted octanol–water partition coefficient (Wildman–Crippen LogP) is 3.05. The van der Waals surface area contributed by atoms with Crippen LogP contribution in [-0.4, -0.2) is 58.2 Å². The van der Waals surface area contributed by atoms with E-state index in [4.69, 9.17) is 9.15 Å². The van der Waals surface area contributed by atoms with Gasteiger partial charge < -0.3 is 14.1 Å². The van der Waals surface area contributed by atoms with Crippen molar-refractivity contribution in [3.63, 3.8) is 0 Å². The summed E-state index contributed by atoms with van der Waals surface area (Å²) in [4.78, 5) is 17.2. The van der Waals surface area contributed by atoms with Crippen LogP contribution in [0.25, 0.3) is 0 Å². The summed E-state index contributed by atoms with van der Waals surface area (Å²) in [7, 11) is 0. The zero-order valence-corrected chi connectivity index (χ0v) is 16.5. The van der Waals surface area contributed by atoms with Crippen LogP contribution in [0.4, 0.5) is 0 Å². The van der Waals surface area contributed by atoms with Crippen LogP contribution in [0.5, 0.6) is 5.75 Å². The number of aromatic nitrogens is 2. The van der Waals surface area contributed by atoms with E-state index in [0.717, 1.165) is 51.9 Å². The molecule has 4 rings (SSSR count). The minimum absolute atomic E-state index is 0.0968. The summed E-state index contributed by atoms with van der Waals surface area (Å²) in [6, 6.07) is 7.67. The maximum Gasteiger partial charge on any atom is 0.257 e. The molecular formula is C21H28N4O3. The van der Waals surface area contributed by atoms with Crippen LogP contribution in [-0.2, 0) is 6.54 Å². The van der Waals surface area contributed by atoms with Crippen molar-refractivity contribution in [1.29, 1.82) is 0 Å². The third-order valence-electron chi connectivity index (χ3n) is 5.52. The highest BCUT2D eigenvalue weighted by atomic mass is 16.5. The average molecular weight is 384 g/mol. The first kappa shape index (κ1) is 18.9. The van der Waals surface area contributed by atoms with Gasteiger partial charge in [-0.1, -0.05) is 12.1 Å². The largest absolute Gasteiger partial charge is 0.489 e. The molecule has 0 radical (unpaired) electrons. The standard InChI is InChI=1S/C21H28N4O3/c1-16-22-23-20(27-16)15-24-13-9-17(10-14-24)28-19-8-4-3-7-18(19)21(26)25-11-5-2-6-12-25/h3-4,7-8,17H,2,5-6,9-15H2,1H3. The van der Waals surface area contributed by atoms with E-state index in [1.807, 2.05) is 29.2 Å². The van der Waals surface area contributed by atoms with E-state index in [0.29, 0.717) is 29.6 Å². The van der Waals surface area contributed by atoms with Gasteiger partial charge in [-0.3, -0.25) is 9.69 Å². The summed E-state index contributed by atoms with van der Waals surface area (Å²) in [5, 5.41) is 7.95. The zero-order valence-electron chi connectivity index (χ0n) is 16.5. The number of nitrogens with zero attached hydrogens (tertiary/aromatic N) is 4. The maximum atomic E-state index is 12.9. The van der Waals surface area contributed by atoms with Crippen molar-refractivity contribution >= 4 is 5.91 Å². The Morgan fingerprint density at radius 3 is 2.57 bits per heavy atom. The van der Waals surface area contributed by atoms with Gasteiger partial charge in [-0.05, 0) is 44.2 Å². The summed E-state index contributed by atoms with van der Waals surface area (Å²) in [5.41, 5.74) is 0.688. The molecule has 0 N–H and O–H groups in total. The van der Waals surface area contributed by atoms with E-state index < -0.39 is 0 Å². The molecule has 1 amide bonds. The second-order valence-corrected chi connectivity index (χ2v) is 7.66. The van der Waals surface area contributed by atoms with Crippen LogP contribution in [0.15, 0.2) is 28.7 Å². The number of hydrogen-bond acceptors (Lipinski definition) is 6. The van der Waals surface area contributed by atoms with Gasteiger partial charge in [0.05, 0.1) is 12.1 Å². The van der Waals surface area contributed by atoms with Gasteiger partial charge in [0.1, 0.15) is 11.9 Å². The zero-order chi connectivity index (χ0) is 19.3. The normalized spacial score (nSPS) is 19.0. The van der Waals surface area contributed by atoms with Crippen LogP contribution in [0.1, 0.15) is 54.2 Å². The molecule has 150 valence electrons. The van der Waals surface area contributed by atoms with Crippen molar-refractivity contribution < 1.29 is 13.9 Å². The Hall–Kier alpha value is -2.41. The van der Waals surface area contributed by atoms with E-state index in [1.165, 1.54) is 6.42 Å². The average Bonchev–Trinajstić information content (AvgIpc) is 3.14. The highest BCUT2D eigenvalue weighted by molar-refractivity contribution is 5.97. The maximum absolute atomic E-state index is 12.9. The van der Waals surface area contributed by atoms with Gasteiger partial charge in [-0.15, -0.1) is 10.2 Å². The summed E-state index contributed by atoms with van der Waals surface area (Å²) in [6.07, 6.45) is 5.35. The molecule has 7 heteroatoms. The molecule has 2 aromatic rings. The van der Waals surface area contributed by atoms with E-state index >= 15 is 0 Å². The Labute approximate surface area is 165 Å². The Kier molecular flexibility index (Phi) is 5.90. The Bertz CT molecular complexity index is 792. The van der Waals surface area contributed by atoms with Crippen LogP contribution in [0.3, 0.4) is 0 Å². The van der Waals surface area contributed by atoms with Gasteiger partial charge in [-0.25, -0.2) is 0 Å². The number of piperidine rings is 2. The molecule has 7 nitrogen and oxygen atoms in total. The molecule has 0 atom stereocenters. The number of ether oxygens (including phenoxy) is 1. The van der Waals surface area contributed by atoms with E-state index in [-0.39, 0.29) is 12.0 Å². The molecule has 0 aliphatic carbocycles. The number of carbonyl (C=O) groups excluding carboxylic acids is 1. The predicted molar refractivity (Wildman–Crippen MR) is 104 cm³/mol. The number of amides is 1. The molecule has 0 spiro atoms. The Balaban J connectivity index is 1.34. The fraction of sp³-hybridized carbons (Fsp3) is 0.571. The first-order valence-corrected chi connectivity index (χ1v) is 10.3. The number of carbonyl (C=O) groups is 1. The summed E-state index contributed by atoms with van der Waals surface area (Å²) in [5.74, 6) is 2.07. The molecule has 2 fully saturated rings. The van der Waals surface area contributed by atoms with Gasteiger partial charge in [0.2, 0.25) is 11.8 Å². The Morgan fingerprint density at radius 2 is 1.86 bits per heavy atom. The SMILES string of the molecule is Cc1nnc(CN2CCC(Oc3ccccc3C(=O)N3CCCCC3)CC2)o1. The van der Waals surface area contributed by atoms with Crippen LogP contribution >= 0.6 is 0 Å². The van der Waals surface area contributed by atoms with Crippen molar-refractivity contribution in [1.82, 2.24) is 20.0 Å². The third kappa shape index (κ3) is 4.52. The lowest BCUT2D eigenvalue weighted by Crippen LogP contribution is -2.38. The number of benzene rings is 1. The molecule has 1 aromatic heterocycles. The summed E-state index contributed by atoms with van der Waals surface area (Å²) in [6.45, 7) is 6.00. The smallest absolute Gasteiger partial charge is 0.257 e. The second-order valence-electron chi connectivity index (χ2n) is 7.66. The van der Waals surface area contributed by atoms with Gasteiger partial charge in [0, 0.05) is 33.1 Å². The molecule has 0 bridgehead atoms. The number of para-hydroxylation sites is 1.